The van der Waals surface area contributed by atoms with Crippen molar-refractivity contribution in [2.24, 2.45) is 0 Å². The summed E-state index contributed by atoms with van der Waals surface area (Å²) in [7, 11) is 0. The Labute approximate surface area is 308 Å². The zero-order chi connectivity index (χ0) is 37.4. The minimum atomic E-state index is -0.600. The first-order valence-corrected chi connectivity index (χ1v) is 18.7. The number of carbonyl (C=O) groups is 3. The Hall–Kier alpha value is -4.40. The zero-order valence-corrected chi connectivity index (χ0v) is 30.9. The number of ether oxygens (including phenoxy) is 2. The van der Waals surface area contributed by atoms with E-state index < -0.39 is 17.3 Å². The van der Waals surface area contributed by atoms with E-state index in [1.165, 1.54) is 6.07 Å². The molecular weight excluding hydrogens is 681 g/mol. The van der Waals surface area contributed by atoms with Gasteiger partial charge in [-0.1, -0.05) is 24.3 Å². The summed E-state index contributed by atoms with van der Waals surface area (Å²) in [5.74, 6) is -0.969. The Morgan fingerprint density at radius 2 is 1.57 bits per heavy atom. The smallest absolute Gasteiger partial charge is 0.408 e. The predicted octanol–water partition coefficient (Wildman–Crippen LogP) is 3.16. The molecule has 13 nitrogen and oxygen atoms in total. The van der Waals surface area contributed by atoms with E-state index in [9.17, 15) is 23.6 Å². The van der Waals surface area contributed by atoms with Crippen LogP contribution in [0.3, 0.4) is 0 Å². The maximum atomic E-state index is 15.0. The molecule has 53 heavy (non-hydrogen) atoms. The van der Waals surface area contributed by atoms with E-state index in [-0.39, 0.29) is 34.3 Å². The first-order valence-electron chi connectivity index (χ1n) is 18.7. The Morgan fingerprint density at radius 3 is 2.23 bits per heavy atom. The average Bonchev–Trinajstić information content (AvgIpc) is 3.14. The van der Waals surface area contributed by atoms with Gasteiger partial charge in [-0.3, -0.25) is 24.2 Å². The number of hydrogen-bond acceptors (Lipinski definition) is 9. The Bertz CT molecular complexity index is 1890. The lowest BCUT2D eigenvalue weighted by molar-refractivity contribution is -0.172. The van der Waals surface area contributed by atoms with Crippen LogP contribution < -0.4 is 10.9 Å². The number of H-pyrrole nitrogens is 1. The van der Waals surface area contributed by atoms with Gasteiger partial charge in [0, 0.05) is 70.7 Å². The van der Waals surface area contributed by atoms with Crippen molar-refractivity contribution in [1.29, 1.82) is 0 Å². The lowest BCUT2D eigenvalue weighted by Crippen LogP contribution is -2.66. The van der Waals surface area contributed by atoms with Gasteiger partial charge in [-0.25, -0.2) is 14.3 Å². The van der Waals surface area contributed by atoms with Crippen LogP contribution in [-0.2, 0) is 20.7 Å². The molecule has 3 aromatic rings. The van der Waals surface area contributed by atoms with Crippen LogP contribution >= 0.6 is 0 Å². The molecular formula is C39H50FN7O6. The second kappa shape index (κ2) is 14.8. The largest absolute Gasteiger partial charge is 0.444 e. The molecule has 14 heteroatoms. The summed E-state index contributed by atoms with van der Waals surface area (Å²) in [6, 6.07) is 11.6. The molecule has 0 spiro atoms. The molecule has 1 aliphatic carbocycles. The number of aromatic nitrogens is 2. The van der Waals surface area contributed by atoms with Crippen LogP contribution in [0.5, 0.6) is 0 Å². The third kappa shape index (κ3) is 8.39. The van der Waals surface area contributed by atoms with Gasteiger partial charge in [0.2, 0.25) is 5.91 Å². The number of rotatable bonds is 8. The molecule has 5 aliphatic rings. The molecule has 4 saturated heterocycles. The Balaban J connectivity index is 0.854. The first kappa shape index (κ1) is 36.9. The lowest BCUT2D eigenvalue weighted by atomic mass is 9.71. The highest BCUT2D eigenvalue weighted by atomic mass is 19.1. The molecule has 3 amide bonds. The van der Waals surface area contributed by atoms with E-state index in [4.69, 9.17) is 9.47 Å². The van der Waals surface area contributed by atoms with Gasteiger partial charge < -0.3 is 24.6 Å². The highest BCUT2D eigenvalue weighted by Gasteiger charge is 2.51. The maximum Gasteiger partial charge on any atom is 0.408 e. The molecule has 8 rings (SSSR count). The summed E-state index contributed by atoms with van der Waals surface area (Å²) >= 11 is 0. The van der Waals surface area contributed by atoms with Crippen LogP contribution in [0, 0.1) is 5.82 Å². The van der Waals surface area contributed by atoms with E-state index in [2.05, 4.69) is 25.3 Å². The van der Waals surface area contributed by atoms with Crippen LogP contribution in [0.2, 0.25) is 0 Å². The van der Waals surface area contributed by atoms with Gasteiger partial charge in [0.1, 0.15) is 11.4 Å². The number of nitrogens with zero attached hydrogens (tertiary/aromatic N) is 5. The molecule has 2 N–H and O–H groups in total. The number of nitrogens with one attached hydrogen (secondary N) is 2. The summed E-state index contributed by atoms with van der Waals surface area (Å²) in [4.78, 5) is 59.4. The number of fused-ring (bicyclic) bond motifs is 4. The molecule has 2 aromatic carbocycles. The quantitative estimate of drug-likeness (QED) is 0.358. The van der Waals surface area contributed by atoms with Gasteiger partial charge in [0.15, 0.2) is 0 Å². The second-order valence-electron chi connectivity index (χ2n) is 16.1. The number of carbonyl (C=O) groups excluding carboxylic acids is 3. The Kier molecular flexibility index (Phi) is 10.3. The number of piperazine rings is 2. The van der Waals surface area contributed by atoms with E-state index in [1.807, 2.05) is 32.9 Å². The van der Waals surface area contributed by atoms with Crippen LogP contribution in [0.4, 0.5) is 9.18 Å². The SMILES string of the molecule is CC(C)(C)OC(=O)NC12CCC(CN3CCN(CC(=O)N4CCN(C(=O)c5cc(Cc6n[nH]c(=O)c7ccccc67)ccc5F)CC4)CC3)(CC1)OC2. The minimum absolute atomic E-state index is 0.0166. The number of aromatic amines is 1. The fourth-order valence-corrected chi connectivity index (χ4v) is 8.13. The highest BCUT2D eigenvalue weighted by Crippen LogP contribution is 2.44. The number of benzene rings is 2. The third-order valence-electron chi connectivity index (χ3n) is 11.2. The topological polar surface area (TPSA) is 140 Å². The number of hydrogen-bond donors (Lipinski definition) is 2. The fraction of sp³-hybridized carbons (Fsp3) is 0.564. The van der Waals surface area contributed by atoms with Crippen molar-refractivity contribution in [3.8, 4) is 0 Å². The molecule has 0 radical (unpaired) electrons. The normalized spacial score (nSPS) is 24.0. The molecule has 0 atom stereocenters. The van der Waals surface area contributed by atoms with E-state index in [0.717, 1.165) is 58.4 Å². The zero-order valence-electron chi connectivity index (χ0n) is 30.9. The molecule has 5 fully saturated rings. The molecule has 0 unspecified atom stereocenters. The van der Waals surface area contributed by atoms with Crippen molar-refractivity contribution in [3.63, 3.8) is 0 Å². The van der Waals surface area contributed by atoms with Crippen LogP contribution in [-0.4, -0.2) is 137 Å². The van der Waals surface area contributed by atoms with Crippen molar-refractivity contribution in [1.82, 2.24) is 35.1 Å². The maximum absolute atomic E-state index is 15.0. The third-order valence-corrected chi connectivity index (χ3v) is 11.2. The molecule has 2 bridgehead atoms. The van der Waals surface area contributed by atoms with E-state index in [1.54, 1.807) is 34.1 Å². The summed E-state index contributed by atoms with van der Waals surface area (Å²) in [6.07, 6.45) is 3.45. The monoisotopic (exact) mass is 731 g/mol. The van der Waals surface area contributed by atoms with Gasteiger partial charge in [-0.05, 0) is 70.2 Å². The molecule has 1 aromatic heterocycles. The van der Waals surface area contributed by atoms with Crippen LogP contribution in [0.15, 0.2) is 47.3 Å². The lowest BCUT2D eigenvalue weighted by Gasteiger charge is -2.54. The van der Waals surface area contributed by atoms with E-state index >= 15 is 0 Å². The van der Waals surface area contributed by atoms with Gasteiger partial charge >= 0.3 is 6.09 Å². The van der Waals surface area contributed by atoms with Crippen molar-refractivity contribution in [2.75, 3.05) is 72.1 Å². The highest BCUT2D eigenvalue weighted by molar-refractivity contribution is 5.95. The van der Waals surface area contributed by atoms with Crippen molar-refractivity contribution < 1.29 is 28.2 Å². The van der Waals surface area contributed by atoms with Crippen molar-refractivity contribution in [2.45, 2.75) is 69.6 Å². The standard InChI is InChI=1S/C39H50FN7O6/c1-37(2,3)53-36(51)41-38-10-12-39(13-11-38,52-26-38)25-45-16-14-44(15-17-45)24-33(48)46-18-20-47(21-19-46)35(50)30-22-27(8-9-31(30)40)23-32-28-6-4-5-7-29(28)34(49)43-42-32/h4-9,22H,10-21,23-26H2,1-3H3,(H,41,51)(H,43,49). The van der Waals surface area contributed by atoms with Crippen molar-refractivity contribution in [3.05, 3.63) is 75.5 Å². The molecule has 5 heterocycles. The van der Waals surface area contributed by atoms with E-state index in [0.29, 0.717) is 67.8 Å². The van der Waals surface area contributed by atoms with Crippen LogP contribution in [0.1, 0.15) is 68.1 Å². The fourth-order valence-electron chi connectivity index (χ4n) is 8.13. The summed E-state index contributed by atoms with van der Waals surface area (Å²) < 4.78 is 26.9. The van der Waals surface area contributed by atoms with Gasteiger partial charge in [-0.15, -0.1) is 0 Å². The van der Waals surface area contributed by atoms with Crippen LogP contribution in [0.25, 0.3) is 10.8 Å². The summed E-state index contributed by atoms with van der Waals surface area (Å²) in [6.45, 7) is 11.9. The Morgan fingerprint density at radius 1 is 0.906 bits per heavy atom. The molecule has 284 valence electrons. The van der Waals surface area contributed by atoms with Gasteiger partial charge in [0.25, 0.3) is 11.5 Å². The summed E-state index contributed by atoms with van der Waals surface area (Å²) in [5.41, 5.74) is -0.0652. The van der Waals surface area contributed by atoms with Gasteiger partial charge in [0.05, 0.1) is 40.9 Å². The first-order chi connectivity index (χ1) is 25.3. The van der Waals surface area contributed by atoms with Crippen molar-refractivity contribution >= 4 is 28.7 Å². The second-order valence-corrected chi connectivity index (χ2v) is 16.1. The minimum Gasteiger partial charge on any atom is -0.444 e. The molecule has 1 saturated carbocycles. The molecule has 4 aliphatic heterocycles. The average molecular weight is 732 g/mol. The van der Waals surface area contributed by atoms with Gasteiger partial charge in [-0.2, -0.15) is 5.10 Å². The number of amides is 3. The number of halogens is 1. The number of alkyl carbamates (subject to hydrolysis) is 1. The summed E-state index contributed by atoms with van der Waals surface area (Å²) in [5, 5.41) is 11.1. The predicted molar refractivity (Wildman–Crippen MR) is 196 cm³/mol.